The molecule has 0 saturated carbocycles. The first-order valence-electron chi connectivity index (χ1n) is 7.21. The van der Waals surface area contributed by atoms with E-state index in [2.05, 4.69) is 46.5 Å². The predicted molar refractivity (Wildman–Crippen MR) is 79.7 cm³/mol. The van der Waals surface area contributed by atoms with Crippen LogP contribution in [0.3, 0.4) is 0 Å². The minimum absolute atomic E-state index is 0.146. The monoisotopic (exact) mass is 276 g/mol. The molecule has 0 saturated heterocycles. The smallest absolute Gasteiger partial charge is 0.234 e. The molecule has 0 fully saturated rings. The summed E-state index contributed by atoms with van der Waals surface area (Å²) in [5, 5.41) is 13.1. The standard InChI is InChI=1S/C15H24N4O/c1-5-15(6-2,10-20)17-9-13-8-16-14-18-11(3)7-12(4)19(13)14/h7-8,17,20H,5-6,9-10H2,1-4H3. The number of aliphatic hydroxyl groups excluding tert-OH is 1. The summed E-state index contributed by atoms with van der Waals surface area (Å²) in [4.78, 5) is 8.80. The minimum Gasteiger partial charge on any atom is -0.394 e. The summed E-state index contributed by atoms with van der Waals surface area (Å²) < 4.78 is 2.06. The van der Waals surface area contributed by atoms with Gasteiger partial charge in [0.1, 0.15) is 0 Å². The lowest BCUT2D eigenvalue weighted by molar-refractivity contribution is 0.149. The van der Waals surface area contributed by atoms with Crippen molar-refractivity contribution in [1.29, 1.82) is 0 Å². The van der Waals surface area contributed by atoms with E-state index >= 15 is 0 Å². The lowest BCUT2D eigenvalue weighted by Crippen LogP contribution is -2.47. The van der Waals surface area contributed by atoms with Crippen molar-refractivity contribution >= 4 is 5.78 Å². The molecule has 0 atom stereocenters. The first-order valence-corrected chi connectivity index (χ1v) is 7.21. The third-order valence-corrected chi connectivity index (χ3v) is 4.16. The van der Waals surface area contributed by atoms with Gasteiger partial charge in [-0.15, -0.1) is 0 Å². The van der Waals surface area contributed by atoms with Crippen LogP contribution in [-0.2, 0) is 6.54 Å². The Morgan fingerprint density at radius 3 is 2.60 bits per heavy atom. The van der Waals surface area contributed by atoms with Crippen LogP contribution in [0.1, 0.15) is 43.8 Å². The molecule has 2 N–H and O–H groups in total. The lowest BCUT2D eigenvalue weighted by atomic mass is 9.94. The maximum absolute atomic E-state index is 9.61. The Morgan fingerprint density at radius 1 is 1.30 bits per heavy atom. The number of hydrogen-bond donors (Lipinski definition) is 2. The fraction of sp³-hybridized carbons (Fsp3) is 0.600. The molecule has 0 unspecified atom stereocenters. The molecule has 0 amide bonds. The van der Waals surface area contributed by atoms with Crippen molar-refractivity contribution in [2.24, 2.45) is 0 Å². The molecule has 20 heavy (non-hydrogen) atoms. The minimum atomic E-state index is -0.212. The van der Waals surface area contributed by atoms with E-state index in [9.17, 15) is 5.11 Å². The molecule has 2 heterocycles. The summed E-state index contributed by atoms with van der Waals surface area (Å²) in [6.07, 6.45) is 3.65. The SMILES string of the molecule is CCC(CC)(CO)NCc1cnc2nc(C)cc(C)n12. The Hall–Kier alpha value is -1.46. The number of nitrogens with one attached hydrogen (secondary N) is 1. The Bertz CT molecular complexity index is 579. The molecule has 0 aliphatic carbocycles. The zero-order chi connectivity index (χ0) is 14.8. The van der Waals surface area contributed by atoms with Crippen molar-refractivity contribution in [2.45, 2.75) is 52.6 Å². The van der Waals surface area contributed by atoms with Gasteiger partial charge in [-0.1, -0.05) is 13.8 Å². The van der Waals surface area contributed by atoms with Crippen molar-refractivity contribution in [3.8, 4) is 0 Å². The molecule has 0 bridgehead atoms. The molecular formula is C15H24N4O. The maximum Gasteiger partial charge on any atom is 0.234 e. The number of imidazole rings is 1. The van der Waals surface area contributed by atoms with Gasteiger partial charge in [-0.2, -0.15) is 0 Å². The fourth-order valence-electron chi connectivity index (χ4n) is 2.58. The first-order chi connectivity index (χ1) is 9.55. The molecule has 2 rings (SSSR count). The molecule has 0 spiro atoms. The Balaban J connectivity index is 2.27. The molecule has 2 aromatic rings. The lowest BCUT2D eigenvalue weighted by Gasteiger charge is -2.30. The number of nitrogens with zero attached hydrogens (tertiary/aromatic N) is 3. The summed E-state index contributed by atoms with van der Waals surface area (Å²) in [6.45, 7) is 9.05. The van der Waals surface area contributed by atoms with Crippen LogP contribution < -0.4 is 5.32 Å². The van der Waals surface area contributed by atoms with Crippen molar-refractivity contribution in [1.82, 2.24) is 19.7 Å². The Labute approximate surface area is 120 Å². The van der Waals surface area contributed by atoms with E-state index in [0.717, 1.165) is 35.7 Å². The van der Waals surface area contributed by atoms with Crippen LogP contribution in [0.2, 0.25) is 0 Å². The first kappa shape index (κ1) is 14.9. The van der Waals surface area contributed by atoms with E-state index < -0.39 is 0 Å². The van der Waals surface area contributed by atoms with Crippen molar-refractivity contribution < 1.29 is 5.11 Å². The molecule has 0 aromatic carbocycles. The Kier molecular flexibility index (Phi) is 4.40. The third-order valence-electron chi connectivity index (χ3n) is 4.16. The second kappa shape index (κ2) is 5.89. The van der Waals surface area contributed by atoms with Gasteiger partial charge in [0, 0.05) is 23.5 Å². The van der Waals surface area contributed by atoms with Crippen molar-refractivity contribution in [2.75, 3.05) is 6.61 Å². The number of aliphatic hydroxyl groups is 1. The normalized spacial score (nSPS) is 12.2. The molecule has 0 aliphatic heterocycles. The zero-order valence-electron chi connectivity index (χ0n) is 12.8. The number of rotatable bonds is 6. The fourth-order valence-corrected chi connectivity index (χ4v) is 2.58. The molecule has 0 radical (unpaired) electrons. The van der Waals surface area contributed by atoms with E-state index in [1.54, 1.807) is 0 Å². The van der Waals surface area contributed by atoms with E-state index in [1.165, 1.54) is 0 Å². The number of fused-ring (bicyclic) bond motifs is 1. The van der Waals surface area contributed by atoms with Gasteiger partial charge in [0.25, 0.3) is 0 Å². The summed E-state index contributed by atoms with van der Waals surface area (Å²) in [5.41, 5.74) is 2.97. The highest BCUT2D eigenvalue weighted by Crippen LogP contribution is 2.16. The maximum atomic E-state index is 9.61. The van der Waals surface area contributed by atoms with Crippen molar-refractivity contribution in [3.05, 3.63) is 29.3 Å². The molecule has 2 aromatic heterocycles. The highest BCUT2D eigenvalue weighted by molar-refractivity contribution is 5.35. The van der Waals surface area contributed by atoms with Gasteiger partial charge in [-0.3, -0.25) is 4.40 Å². The topological polar surface area (TPSA) is 62.5 Å². The summed E-state index contributed by atoms with van der Waals surface area (Å²) in [7, 11) is 0. The molecule has 0 aliphatic rings. The van der Waals surface area contributed by atoms with Gasteiger partial charge in [0.15, 0.2) is 0 Å². The third kappa shape index (κ3) is 2.69. The predicted octanol–water partition coefficient (Wildman–Crippen LogP) is 1.99. The number of hydrogen-bond acceptors (Lipinski definition) is 4. The van der Waals surface area contributed by atoms with E-state index in [-0.39, 0.29) is 12.1 Å². The van der Waals surface area contributed by atoms with Crippen LogP contribution in [-0.4, -0.2) is 31.6 Å². The van der Waals surface area contributed by atoms with Gasteiger partial charge in [-0.05, 0) is 32.8 Å². The van der Waals surface area contributed by atoms with Gasteiger partial charge in [-0.25, -0.2) is 9.97 Å². The van der Waals surface area contributed by atoms with Gasteiger partial charge in [0.2, 0.25) is 5.78 Å². The van der Waals surface area contributed by atoms with Crippen LogP contribution >= 0.6 is 0 Å². The van der Waals surface area contributed by atoms with Crippen LogP contribution in [0.15, 0.2) is 12.3 Å². The van der Waals surface area contributed by atoms with Crippen molar-refractivity contribution in [3.63, 3.8) is 0 Å². The molecule has 5 nitrogen and oxygen atoms in total. The second-order valence-electron chi connectivity index (χ2n) is 5.42. The van der Waals surface area contributed by atoms with Crippen LogP contribution in [0.25, 0.3) is 5.78 Å². The summed E-state index contributed by atoms with van der Waals surface area (Å²) >= 11 is 0. The number of aromatic nitrogens is 3. The summed E-state index contributed by atoms with van der Waals surface area (Å²) in [5.74, 6) is 0.738. The number of aryl methyl sites for hydroxylation is 2. The second-order valence-corrected chi connectivity index (χ2v) is 5.42. The highest BCUT2D eigenvalue weighted by Gasteiger charge is 2.24. The quantitative estimate of drug-likeness (QED) is 0.847. The molecular weight excluding hydrogens is 252 g/mol. The van der Waals surface area contributed by atoms with E-state index in [1.807, 2.05) is 13.1 Å². The van der Waals surface area contributed by atoms with Gasteiger partial charge >= 0.3 is 0 Å². The largest absolute Gasteiger partial charge is 0.394 e. The summed E-state index contributed by atoms with van der Waals surface area (Å²) in [6, 6.07) is 2.05. The van der Waals surface area contributed by atoms with E-state index in [4.69, 9.17) is 0 Å². The molecule has 5 heteroatoms. The van der Waals surface area contributed by atoms with Crippen LogP contribution in [0.4, 0.5) is 0 Å². The zero-order valence-corrected chi connectivity index (χ0v) is 12.8. The average molecular weight is 276 g/mol. The van der Waals surface area contributed by atoms with Gasteiger partial charge in [0.05, 0.1) is 18.5 Å². The highest BCUT2D eigenvalue weighted by atomic mass is 16.3. The average Bonchev–Trinajstić information content (AvgIpc) is 2.84. The Morgan fingerprint density at radius 2 is 2.00 bits per heavy atom. The van der Waals surface area contributed by atoms with E-state index in [0.29, 0.717) is 6.54 Å². The van der Waals surface area contributed by atoms with Crippen LogP contribution in [0.5, 0.6) is 0 Å². The molecule has 110 valence electrons. The van der Waals surface area contributed by atoms with Gasteiger partial charge < -0.3 is 10.4 Å². The van der Waals surface area contributed by atoms with Crippen LogP contribution in [0, 0.1) is 13.8 Å².